The molecule has 0 radical (unpaired) electrons. The number of fused-ring (bicyclic) bond motifs is 1. The molecule has 98 valence electrons. The van der Waals surface area contributed by atoms with Gasteiger partial charge in [0.25, 0.3) is 0 Å². The lowest BCUT2D eigenvalue weighted by Gasteiger charge is -2.08. The molecular weight excluding hydrogens is 252 g/mol. The molecule has 1 aromatic carbocycles. The predicted molar refractivity (Wildman–Crippen MR) is 71.9 cm³/mol. The molecule has 0 saturated heterocycles. The van der Waals surface area contributed by atoms with Crippen LogP contribution in [-0.2, 0) is 22.6 Å². The maximum absolute atomic E-state index is 5.98. The average molecular weight is 269 g/mol. The van der Waals surface area contributed by atoms with Crippen LogP contribution in [0, 0.1) is 0 Å². The molecular formula is C13H17ClN2O2. The van der Waals surface area contributed by atoms with Gasteiger partial charge in [-0.25, -0.2) is 4.98 Å². The Morgan fingerprint density at radius 3 is 2.83 bits per heavy atom. The lowest BCUT2D eigenvalue weighted by Crippen LogP contribution is -2.06. The maximum atomic E-state index is 5.98. The summed E-state index contributed by atoms with van der Waals surface area (Å²) in [5, 5.41) is 0.702. The van der Waals surface area contributed by atoms with Gasteiger partial charge in [-0.1, -0.05) is 11.6 Å². The molecule has 1 heterocycles. The van der Waals surface area contributed by atoms with Gasteiger partial charge < -0.3 is 14.0 Å². The lowest BCUT2D eigenvalue weighted by molar-refractivity contribution is 0.170. The van der Waals surface area contributed by atoms with Gasteiger partial charge >= 0.3 is 0 Å². The Bertz CT molecular complexity index is 525. The summed E-state index contributed by atoms with van der Waals surface area (Å²) in [6.07, 6.45) is 0.946. The minimum Gasteiger partial charge on any atom is -0.385 e. The van der Waals surface area contributed by atoms with Crippen LogP contribution in [0.3, 0.4) is 0 Å². The van der Waals surface area contributed by atoms with E-state index in [0.29, 0.717) is 11.6 Å². The predicted octanol–water partition coefficient (Wildman–Crippen LogP) is 2.87. The fraction of sp³-hybridized carbons (Fsp3) is 0.462. The van der Waals surface area contributed by atoms with Gasteiger partial charge in [0.15, 0.2) is 0 Å². The van der Waals surface area contributed by atoms with Crippen molar-refractivity contribution in [2.45, 2.75) is 19.6 Å². The standard InChI is InChI=1S/C13H17ClN2O2/c1-17-7-3-6-16-12-5-4-10(14)8-11(12)15-13(16)9-18-2/h4-5,8H,3,6-7,9H2,1-2H3. The van der Waals surface area contributed by atoms with Crippen molar-refractivity contribution < 1.29 is 9.47 Å². The van der Waals surface area contributed by atoms with Crippen LogP contribution in [0.1, 0.15) is 12.2 Å². The number of benzene rings is 1. The summed E-state index contributed by atoms with van der Waals surface area (Å²) in [4.78, 5) is 4.55. The summed E-state index contributed by atoms with van der Waals surface area (Å²) in [6, 6.07) is 5.76. The third-order valence-corrected chi connectivity index (χ3v) is 3.03. The highest BCUT2D eigenvalue weighted by atomic mass is 35.5. The Morgan fingerprint density at radius 2 is 2.11 bits per heavy atom. The van der Waals surface area contributed by atoms with Gasteiger partial charge in [-0.15, -0.1) is 0 Å². The molecule has 0 amide bonds. The van der Waals surface area contributed by atoms with Crippen LogP contribution < -0.4 is 0 Å². The van der Waals surface area contributed by atoms with E-state index in [1.807, 2.05) is 18.2 Å². The van der Waals surface area contributed by atoms with Gasteiger partial charge in [0.1, 0.15) is 12.4 Å². The monoisotopic (exact) mass is 268 g/mol. The van der Waals surface area contributed by atoms with Crippen LogP contribution in [-0.4, -0.2) is 30.4 Å². The first-order valence-electron chi connectivity index (χ1n) is 5.89. The van der Waals surface area contributed by atoms with Crippen LogP contribution in [0.15, 0.2) is 18.2 Å². The van der Waals surface area contributed by atoms with E-state index in [2.05, 4.69) is 9.55 Å². The number of halogens is 1. The molecule has 0 aliphatic heterocycles. The Morgan fingerprint density at radius 1 is 1.28 bits per heavy atom. The molecule has 0 N–H and O–H groups in total. The summed E-state index contributed by atoms with van der Waals surface area (Å²) >= 11 is 5.98. The van der Waals surface area contributed by atoms with Crippen molar-refractivity contribution in [1.82, 2.24) is 9.55 Å². The first-order chi connectivity index (χ1) is 8.76. The van der Waals surface area contributed by atoms with Gasteiger partial charge in [-0.2, -0.15) is 0 Å². The molecule has 0 aliphatic rings. The summed E-state index contributed by atoms with van der Waals surface area (Å²) in [5.41, 5.74) is 1.99. The van der Waals surface area contributed by atoms with Crippen LogP contribution in [0.4, 0.5) is 0 Å². The average Bonchev–Trinajstić information content (AvgIpc) is 2.67. The minimum absolute atomic E-state index is 0.499. The molecule has 0 bridgehead atoms. The fourth-order valence-electron chi connectivity index (χ4n) is 2.01. The first-order valence-corrected chi connectivity index (χ1v) is 6.26. The third kappa shape index (κ3) is 2.83. The summed E-state index contributed by atoms with van der Waals surface area (Å²) in [6.45, 7) is 2.10. The number of imidazole rings is 1. The molecule has 0 unspecified atom stereocenters. The van der Waals surface area contributed by atoms with Crippen LogP contribution >= 0.6 is 11.6 Å². The number of rotatable bonds is 6. The normalized spacial score (nSPS) is 11.3. The van der Waals surface area contributed by atoms with E-state index >= 15 is 0 Å². The third-order valence-electron chi connectivity index (χ3n) is 2.79. The Hall–Kier alpha value is -1.10. The van der Waals surface area contributed by atoms with E-state index in [1.165, 1.54) is 0 Å². The van der Waals surface area contributed by atoms with E-state index in [-0.39, 0.29) is 0 Å². The molecule has 2 aromatic rings. The zero-order valence-corrected chi connectivity index (χ0v) is 11.4. The van der Waals surface area contributed by atoms with Gasteiger partial charge in [-0.3, -0.25) is 0 Å². The molecule has 1 aromatic heterocycles. The maximum Gasteiger partial charge on any atom is 0.135 e. The van der Waals surface area contributed by atoms with Crippen molar-refractivity contribution in [3.8, 4) is 0 Å². The second-order valence-electron chi connectivity index (χ2n) is 4.09. The largest absolute Gasteiger partial charge is 0.385 e. The quantitative estimate of drug-likeness (QED) is 0.756. The van der Waals surface area contributed by atoms with E-state index in [9.17, 15) is 0 Å². The zero-order valence-electron chi connectivity index (χ0n) is 10.6. The molecule has 2 rings (SSSR count). The topological polar surface area (TPSA) is 36.3 Å². The van der Waals surface area contributed by atoms with Crippen molar-refractivity contribution >= 4 is 22.6 Å². The van der Waals surface area contributed by atoms with Crippen molar-refractivity contribution in [2.24, 2.45) is 0 Å². The lowest BCUT2D eigenvalue weighted by atomic mass is 10.3. The number of hydrogen-bond acceptors (Lipinski definition) is 3. The fourth-order valence-corrected chi connectivity index (χ4v) is 2.17. The van der Waals surface area contributed by atoms with Crippen molar-refractivity contribution in [2.75, 3.05) is 20.8 Å². The molecule has 0 spiro atoms. The van der Waals surface area contributed by atoms with Crippen LogP contribution in [0.2, 0.25) is 5.02 Å². The molecule has 0 fully saturated rings. The highest BCUT2D eigenvalue weighted by molar-refractivity contribution is 6.31. The van der Waals surface area contributed by atoms with Gasteiger partial charge in [0.05, 0.1) is 11.0 Å². The summed E-state index contributed by atoms with van der Waals surface area (Å²) in [5.74, 6) is 0.922. The number of nitrogens with zero attached hydrogens (tertiary/aromatic N) is 2. The highest BCUT2D eigenvalue weighted by Gasteiger charge is 2.10. The van der Waals surface area contributed by atoms with Crippen molar-refractivity contribution in [3.05, 3.63) is 29.0 Å². The SMILES string of the molecule is COCCCn1c(COC)nc2cc(Cl)ccc21. The molecule has 18 heavy (non-hydrogen) atoms. The minimum atomic E-state index is 0.499. The van der Waals surface area contributed by atoms with E-state index in [4.69, 9.17) is 21.1 Å². The second-order valence-corrected chi connectivity index (χ2v) is 4.53. The number of aromatic nitrogens is 2. The van der Waals surface area contributed by atoms with Crippen molar-refractivity contribution in [1.29, 1.82) is 0 Å². The number of methoxy groups -OCH3 is 2. The van der Waals surface area contributed by atoms with E-state index in [0.717, 1.165) is 36.4 Å². The molecule has 0 atom stereocenters. The zero-order chi connectivity index (χ0) is 13.0. The Labute approximate surface area is 111 Å². The molecule has 4 nitrogen and oxygen atoms in total. The Kier molecular flexibility index (Phi) is 4.58. The smallest absolute Gasteiger partial charge is 0.135 e. The highest BCUT2D eigenvalue weighted by Crippen LogP contribution is 2.21. The number of aryl methyl sites for hydroxylation is 1. The van der Waals surface area contributed by atoms with Crippen molar-refractivity contribution in [3.63, 3.8) is 0 Å². The van der Waals surface area contributed by atoms with Gasteiger partial charge in [0.2, 0.25) is 0 Å². The van der Waals surface area contributed by atoms with Crippen LogP contribution in [0.5, 0.6) is 0 Å². The molecule has 0 saturated carbocycles. The van der Waals surface area contributed by atoms with E-state index < -0.39 is 0 Å². The van der Waals surface area contributed by atoms with Gasteiger partial charge in [0, 0.05) is 32.4 Å². The van der Waals surface area contributed by atoms with Gasteiger partial charge in [-0.05, 0) is 24.6 Å². The van der Waals surface area contributed by atoms with E-state index in [1.54, 1.807) is 14.2 Å². The molecule has 5 heteroatoms. The number of hydrogen-bond donors (Lipinski definition) is 0. The second kappa shape index (κ2) is 6.18. The van der Waals surface area contributed by atoms with Crippen LogP contribution in [0.25, 0.3) is 11.0 Å². The summed E-state index contributed by atoms with van der Waals surface area (Å²) in [7, 11) is 3.38. The first kappa shape index (κ1) is 13.3. The number of ether oxygens (including phenoxy) is 2. The Balaban J connectivity index is 2.35. The molecule has 0 aliphatic carbocycles. The summed E-state index contributed by atoms with van der Waals surface area (Å²) < 4.78 is 12.4.